The number of unbranched alkanes of at least 4 members (excludes halogenated alkanes) is 1. The minimum absolute atomic E-state index is 0.233. The molecule has 14 heteroatoms. The molecule has 0 aliphatic heterocycles. The Hall–Kier alpha value is -1.01. The molecule has 0 aromatic rings. The molecule has 0 rings (SSSR count). The molecule has 0 saturated heterocycles. The number of rotatable bonds is 39. The Kier molecular flexibility index (Phi) is 37.0. The molecule has 0 aliphatic carbocycles. The number of hydrogen-bond donors (Lipinski definition) is 0. The SMILES string of the molecule is CCCCOCCOCCOCCOCCOCCOCCOCCOCCOCCOCCOCCOCCC(=O)OC(C)(C)C. The van der Waals surface area contributed by atoms with Gasteiger partial charge < -0.3 is 61.6 Å². The highest BCUT2D eigenvalue weighted by atomic mass is 16.6. The average Bonchev–Trinajstić information content (AvgIpc) is 3.03. The van der Waals surface area contributed by atoms with Crippen molar-refractivity contribution >= 4 is 5.97 Å². The summed E-state index contributed by atoms with van der Waals surface area (Å²) in [5.74, 6) is -0.264. The zero-order chi connectivity index (χ0) is 34.4. The van der Waals surface area contributed by atoms with Gasteiger partial charge in [-0.2, -0.15) is 0 Å². The topological polar surface area (TPSA) is 137 Å². The highest BCUT2D eigenvalue weighted by Gasteiger charge is 2.15. The van der Waals surface area contributed by atoms with E-state index >= 15 is 0 Å². The van der Waals surface area contributed by atoms with Gasteiger partial charge in [0.2, 0.25) is 0 Å². The van der Waals surface area contributed by atoms with Gasteiger partial charge in [-0.15, -0.1) is 0 Å². The predicted octanol–water partition coefficient (Wildman–Crippen LogP) is 2.72. The van der Waals surface area contributed by atoms with E-state index in [2.05, 4.69) is 6.92 Å². The number of hydrogen-bond acceptors (Lipinski definition) is 14. The highest BCUT2D eigenvalue weighted by molar-refractivity contribution is 5.69. The molecular weight excluding hydrogens is 620 g/mol. The summed E-state index contributed by atoms with van der Waals surface area (Å²) < 4.78 is 70.6. The zero-order valence-electron chi connectivity index (χ0n) is 29.8. The maximum absolute atomic E-state index is 11.6. The van der Waals surface area contributed by atoms with Gasteiger partial charge in [-0.1, -0.05) is 13.3 Å². The predicted molar refractivity (Wildman–Crippen MR) is 175 cm³/mol. The summed E-state index contributed by atoms with van der Waals surface area (Å²) in [6, 6.07) is 0. The molecule has 0 saturated carbocycles. The van der Waals surface area contributed by atoms with E-state index in [9.17, 15) is 4.79 Å². The van der Waals surface area contributed by atoms with Crippen molar-refractivity contribution in [2.45, 2.75) is 52.6 Å². The molecule has 0 bridgehead atoms. The molecule has 0 aromatic heterocycles. The van der Waals surface area contributed by atoms with Crippen LogP contribution in [0.3, 0.4) is 0 Å². The van der Waals surface area contributed by atoms with E-state index in [0.29, 0.717) is 152 Å². The van der Waals surface area contributed by atoms with Crippen LogP contribution < -0.4 is 0 Å². The molecule has 0 spiro atoms. The van der Waals surface area contributed by atoms with Gasteiger partial charge in [0.15, 0.2) is 0 Å². The molecule has 0 atom stereocenters. The largest absolute Gasteiger partial charge is 0.460 e. The van der Waals surface area contributed by atoms with Gasteiger partial charge >= 0.3 is 5.97 Å². The third-order valence-electron chi connectivity index (χ3n) is 5.60. The first-order chi connectivity index (χ1) is 23.0. The summed E-state index contributed by atoms with van der Waals surface area (Å²) in [4.78, 5) is 11.6. The lowest BCUT2D eigenvalue weighted by Crippen LogP contribution is -2.24. The standard InChI is InChI=1S/C33H66O14/c1-5-6-8-35-10-12-37-14-16-39-18-20-41-22-24-43-26-28-45-30-31-46-29-27-44-25-23-42-21-19-40-17-15-38-13-11-36-9-7-32(34)47-33(2,3)4/h5-31H2,1-4H3. The van der Waals surface area contributed by atoms with Gasteiger partial charge in [-0.3, -0.25) is 4.79 Å². The molecular formula is C33H66O14. The Morgan fingerprint density at radius 2 is 0.574 bits per heavy atom. The minimum atomic E-state index is -0.473. The fraction of sp³-hybridized carbons (Fsp3) is 0.970. The first-order valence-corrected chi connectivity index (χ1v) is 17.1. The summed E-state index contributed by atoms with van der Waals surface area (Å²) >= 11 is 0. The summed E-state index contributed by atoms with van der Waals surface area (Å²) in [5, 5.41) is 0. The minimum Gasteiger partial charge on any atom is -0.460 e. The second-order valence-electron chi connectivity index (χ2n) is 11.0. The lowest BCUT2D eigenvalue weighted by atomic mass is 10.2. The van der Waals surface area contributed by atoms with Gasteiger partial charge in [0.1, 0.15) is 5.60 Å². The third-order valence-corrected chi connectivity index (χ3v) is 5.60. The number of ether oxygens (including phenoxy) is 13. The molecule has 0 aromatic carbocycles. The number of carbonyl (C=O) groups is 1. The average molecular weight is 687 g/mol. The molecule has 282 valence electrons. The zero-order valence-corrected chi connectivity index (χ0v) is 29.8. The lowest BCUT2D eigenvalue weighted by Gasteiger charge is -2.19. The fourth-order valence-electron chi connectivity index (χ4n) is 3.32. The third kappa shape index (κ3) is 43.0. The molecule has 0 amide bonds. The van der Waals surface area contributed by atoms with Crippen molar-refractivity contribution in [2.24, 2.45) is 0 Å². The second kappa shape index (κ2) is 37.8. The van der Waals surface area contributed by atoms with Crippen molar-refractivity contribution in [1.29, 1.82) is 0 Å². The van der Waals surface area contributed by atoms with Crippen LogP contribution in [-0.4, -0.2) is 170 Å². The van der Waals surface area contributed by atoms with Gasteiger partial charge in [0, 0.05) is 6.61 Å². The van der Waals surface area contributed by atoms with Crippen LogP contribution in [0.2, 0.25) is 0 Å². The fourth-order valence-corrected chi connectivity index (χ4v) is 3.32. The second-order valence-corrected chi connectivity index (χ2v) is 11.0. The van der Waals surface area contributed by atoms with Crippen LogP contribution in [0, 0.1) is 0 Å². The summed E-state index contributed by atoms with van der Waals surface area (Å²) in [6.07, 6.45) is 2.47. The van der Waals surface area contributed by atoms with Crippen LogP contribution >= 0.6 is 0 Å². The van der Waals surface area contributed by atoms with Crippen LogP contribution in [0.25, 0.3) is 0 Å². The molecule has 14 nitrogen and oxygen atoms in total. The number of carbonyl (C=O) groups excluding carboxylic acids is 1. The van der Waals surface area contributed by atoms with Gasteiger partial charge in [0.25, 0.3) is 0 Å². The maximum Gasteiger partial charge on any atom is 0.308 e. The first kappa shape index (κ1) is 46.0. The first-order valence-electron chi connectivity index (χ1n) is 17.1. The highest BCUT2D eigenvalue weighted by Crippen LogP contribution is 2.08. The van der Waals surface area contributed by atoms with Crippen molar-refractivity contribution in [3.05, 3.63) is 0 Å². The van der Waals surface area contributed by atoms with Gasteiger partial charge in [-0.25, -0.2) is 0 Å². The van der Waals surface area contributed by atoms with Gasteiger partial charge in [0.05, 0.1) is 158 Å². The number of esters is 1. The molecule has 0 heterocycles. The molecule has 0 aliphatic rings. The van der Waals surface area contributed by atoms with Gasteiger partial charge in [-0.05, 0) is 27.2 Å². The van der Waals surface area contributed by atoms with E-state index in [1.165, 1.54) is 0 Å². The molecule has 0 N–H and O–H groups in total. The van der Waals surface area contributed by atoms with Crippen molar-refractivity contribution in [2.75, 3.05) is 159 Å². The Morgan fingerprint density at radius 3 is 0.787 bits per heavy atom. The van der Waals surface area contributed by atoms with Crippen molar-refractivity contribution in [3.63, 3.8) is 0 Å². The van der Waals surface area contributed by atoms with E-state index < -0.39 is 5.60 Å². The maximum atomic E-state index is 11.6. The van der Waals surface area contributed by atoms with Crippen LogP contribution in [0.1, 0.15) is 47.0 Å². The van der Waals surface area contributed by atoms with E-state index in [4.69, 9.17) is 61.6 Å². The lowest BCUT2D eigenvalue weighted by molar-refractivity contribution is -0.156. The summed E-state index contributed by atoms with van der Waals surface area (Å²) in [6.45, 7) is 20.0. The molecule has 0 radical (unpaired) electrons. The quantitative estimate of drug-likeness (QED) is 0.0692. The Bertz CT molecular complexity index is 621. The van der Waals surface area contributed by atoms with Crippen LogP contribution in [0.4, 0.5) is 0 Å². The van der Waals surface area contributed by atoms with Crippen LogP contribution in [-0.2, 0) is 66.4 Å². The normalized spacial score (nSPS) is 11.8. The Balaban J connectivity index is 3.09. The van der Waals surface area contributed by atoms with E-state index in [1.54, 1.807) is 0 Å². The smallest absolute Gasteiger partial charge is 0.308 e. The summed E-state index contributed by atoms with van der Waals surface area (Å²) in [5.41, 5.74) is -0.473. The monoisotopic (exact) mass is 686 g/mol. The Labute approximate surface area is 283 Å². The van der Waals surface area contributed by atoms with Crippen LogP contribution in [0.5, 0.6) is 0 Å². The van der Waals surface area contributed by atoms with Crippen molar-refractivity contribution in [3.8, 4) is 0 Å². The van der Waals surface area contributed by atoms with Crippen molar-refractivity contribution < 1.29 is 66.4 Å². The molecule has 0 unspecified atom stereocenters. The molecule has 47 heavy (non-hydrogen) atoms. The van der Waals surface area contributed by atoms with Crippen LogP contribution in [0.15, 0.2) is 0 Å². The summed E-state index contributed by atoms with van der Waals surface area (Å²) in [7, 11) is 0. The van der Waals surface area contributed by atoms with E-state index in [1.807, 2.05) is 20.8 Å². The Morgan fingerprint density at radius 1 is 0.362 bits per heavy atom. The van der Waals surface area contributed by atoms with E-state index in [0.717, 1.165) is 19.4 Å². The van der Waals surface area contributed by atoms with Crippen molar-refractivity contribution in [1.82, 2.24) is 0 Å². The van der Waals surface area contributed by atoms with E-state index in [-0.39, 0.29) is 12.4 Å². The molecule has 0 fully saturated rings.